The smallest absolute Gasteiger partial charge is 0.310 e. The van der Waals surface area contributed by atoms with Gasteiger partial charge < -0.3 is 5.32 Å². The van der Waals surface area contributed by atoms with Crippen molar-refractivity contribution in [2.24, 2.45) is 0 Å². The molecule has 0 aromatic carbocycles. The quantitative estimate of drug-likeness (QED) is 0.444. The van der Waals surface area contributed by atoms with Gasteiger partial charge in [0.15, 0.2) is 0 Å². The van der Waals surface area contributed by atoms with Crippen LogP contribution in [0.3, 0.4) is 0 Å². The Morgan fingerprint density at radius 1 is 1.64 bits per heavy atom. The zero-order valence-electron chi connectivity index (χ0n) is 8.06. The highest BCUT2D eigenvalue weighted by atomic mass is 16.6. The lowest BCUT2D eigenvalue weighted by Gasteiger charge is -2.04. The third kappa shape index (κ3) is 2.69. The first kappa shape index (κ1) is 10.4. The van der Waals surface area contributed by atoms with Gasteiger partial charge in [-0.3, -0.25) is 15.1 Å². The zero-order valence-corrected chi connectivity index (χ0v) is 8.06. The van der Waals surface area contributed by atoms with Gasteiger partial charge in [-0.15, -0.1) is 0 Å². The number of nitro groups is 1. The largest absolute Gasteiger partial charge is 0.379 e. The number of hydrogen-bond donors (Lipinski definition) is 1. The summed E-state index contributed by atoms with van der Waals surface area (Å²) in [6.45, 7) is 2.82. The highest BCUT2D eigenvalue weighted by Gasteiger charge is 2.11. The van der Waals surface area contributed by atoms with Crippen LogP contribution in [-0.4, -0.2) is 16.5 Å². The molecule has 0 saturated carbocycles. The summed E-state index contributed by atoms with van der Waals surface area (Å²) in [6.07, 6.45) is 4.86. The molecule has 14 heavy (non-hydrogen) atoms. The topological polar surface area (TPSA) is 68.1 Å². The van der Waals surface area contributed by atoms with Crippen LogP contribution in [0.5, 0.6) is 0 Å². The Morgan fingerprint density at radius 2 is 2.43 bits per heavy atom. The van der Waals surface area contributed by atoms with Crippen LogP contribution in [0.25, 0.3) is 0 Å². The summed E-state index contributed by atoms with van der Waals surface area (Å²) in [5, 5.41) is 13.6. The molecule has 0 aliphatic carbocycles. The highest BCUT2D eigenvalue weighted by Crippen LogP contribution is 2.21. The van der Waals surface area contributed by atoms with Crippen molar-refractivity contribution >= 4 is 11.4 Å². The van der Waals surface area contributed by atoms with E-state index in [0.29, 0.717) is 5.69 Å². The fourth-order valence-electron chi connectivity index (χ4n) is 1.08. The van der Waals surface area contributed by atoms with Gasteiger partial charge in [-0.2, -0.15) is 0 Å². The van der Waals surface area contributed by atoms with Crippen molar-refractivity contribution in [1.29, 1.82) is 0 Å². The molecule has 1 heterocycles. The van der Waals surface area contributed by atoms with E-state index in [4.69, 9.17) is 0 Å². The van der Waals surface area contributed by atoms with Crippen LogP contribution in [-0.2, 0) is 0 Å². The molecule has 5 nitrogen and oxygen atoms in total. The average molecular weight is 195 g/mol. The Morgan fingerprint density at radius 3 is 3.07 bits per heavy atom. The van der Waals surface area contributed by atoms with Gasteiger partial charge in [-0.05, 0) is 12.5 Å². The lowest BCUT2D eigenvalue weighted by molar-refractivity contribution is -0.384. The SMILES string of the molecule is CCCCNc1ccncc1[N+](=O)[O-]. The van der Waals surface area contributed by atoms with E-state index in [2.05, 4.69) is 17.2 Å². The van der Waals surface area contributed by atoms with E-state index in [0.717, 1.165) is 19.4 Å². The highest BCUT2D eigenvalue weighted by molar-refractivity contribution is 5.59. The van der Waals surface area contributed by atoms with Gasteiger partial charge in [0.2, 0.25) is 0 Å². The molecule has 0 aliphatic rings. The molecule has 0 spiro atoms. The molecule has 1 rings (SSSR count). The molecular weight excluding hydrogens is 182 g/mol. The van der Waals surface area contributed by atoms with E-state index in [1.54, 1.807) is 12.3 Å². The van der Waals surface area contributed by atoms with Crippen LogP contribution in [0.1, 0.15) is 19.8 Å². The summed E-state index contributed by atoms with van der Waals surface area (Å²) < 4.78 is 0. The Balaban J connectivity index is 2.69. The van der Waals surface area contributed by atoms with Gasteiger partial charge >= 0.3 is 5.69 Å². The summed E-state index contributed by atoms with van der Waals surface area (Å²) in [6, 6.07) is 1.62. The van der Waals surface area contributed by atoms with E-state index in [9.17, 15) is 10.1 Å². The number of unbranched alkanes of at least 4 members (excludes halogenated alkanes) is 1. The fraction of sp³-hybridized carbons (Fsp3) is 0.444. The molecule has 0 saturated heterocycles. The molecule has 0 aliphatic heterocycles. The van der Waals surface area contributed by atoms with Gasteiger partial charge in [0.25, 0.3) is 0 Å². The second kappa shape index (κ2) is 5.16. The molecule has 0 radical (unpaired) electrons. The molecule has 1 aromatic heterocycles. The van der Waals surface area contributed by atoms with Crippen LogP contribution in [0.4, 0.5) is 11.4 Å². The Kier molecular flexibility index (Phi) is 3.84. The first-order chi connectivity index (χ1) is 6.75. The maximum Gasteiger partial charge on any atom is 0.310 e. The predicted octanol–water partition coefficient (Wildman–Crippen LogP) is 2.20. The molecule has 0 unspecified atom stereocenters. The maximum atomic E-state index is 10.6. The summed E-state index contributed by atoms with van der Waals surface area (Å²) in [5.74, 6) is 0. The fourth-order valence-corrected chi connectivity index (χ4v) is 1.08. The van der Waals surface area contributed by atoms with Gasteiger partial charge in [0.1, 0.15) is 11.9 Å². The van der Waals surface area contributed by atoms with Crippen molar-refractivity contribution < 1.29 is 4.92 Å². The van der Waals surface area contributed by atoms with Gasteiger partial charge in [-0.1, -0.05) is 13.3 Å². The lowest BCUT2D eigenvalue weighted by atomic mass is 10.3. The molecule has 5 heteroatoms. The van der Waals surface area contributed by atoms with Crippen LogP contribution in [0, 0.1) is 10.1 Å². The minimum absolute atomic E-state index is 0.0311. The number of nitrogens with zero attached hydrogens (tertiary/aromatic N) is 2. The van der Waals surface area contributed by atoms with E-state index < -0.39 is 4.92 Å². The first-order valence-corrected chi connectivity index (χ1v) is 4.58. The Labute approximate surface area is 82.3 Å². The average Bonchev–Trinajstić information content (AvgIpc) is 2.19. The number of hydrogen-bond acceptors (Lipinski definition) is 4. The number of aromatic nitrogens is 1. The molecule has 0 bridgehead atoms. The van der Waals surface area contributed by atoms with Gasteiger partial charge in [0.05, 0.1) is 4.92 Å². The van der Waals surface area contributed by atoms with Crippen LogP contribution in [0.2, 0.25) is 0 Å². The summed E-state index contributed by atoms with van der Waals surface area (Å²) >= 11 is 0. The van der Waals surface area contributed by atoms with Crippen LogP contribution in [0.15, 0.2) is 18.5 Å². The number of rotatable bonds is 5. The monoisotopic (exact) mass is 195 g/mol. The number of nitrogens with one attached hydrogen (secondary N) is 1. The molecule has 0 fully saturated rings. The molecule has 1 N–H and O–H groups in total. The Bertz CT molecular complexity index is 315. The van der Waals surface area contributed by atoms with Crippen molar-refractivity contribution in [1.82, 2.24) is 4.98 Å². The zero-order chi connectivity index (χ0) is 10.4. The van der Waals surface area contributed by atoms with Crippen molar-refractivity contribution in [3.8, 4) is 0 Å². The maximum absolute atomic E-state index is 10.6. The lowest BCUT2D eigenvalue weighted by Crippen LogP contribution is -2.03. The van der Waals surface area contributed by atoms with Crippen LogP contribution >= 0.6 is 0 Å². The standard InChI is InChI=1S/C9H13N3O2/c1-2-3-5-11-8-4-6-10-7-9(8)12(13)14/h4,6-7H,2-3,5H2,1H3,(H,10,11). The van der Waals surface area contributed by atoms with E-state index in [1.165, 1.54) is 6.20 Å². The van der Waals surface area contributed by atoms with E-state index in [-0.39, 0.29) is 5.69 Å². The summed E-state index contributed by atoms with van der Waals surface area (Å²) in [7, 11) is 0. The first-order valence-electron chi connectivity index (χ1n) is 4.58. The molecular formula is C9H13N3O2. The summed E-state index contributed by atoms with van der Waals surface area (Å²) in [5.41, 5.74) is 0.571. The minimum atomic E-state index is -0.429. The Hall–Kier alpha value is -1.65. The molecule has 0 atom stereocenters. The normalized spacial score (nSPS) is 9.79. The van der Waals surface area contributed by atoms with Crippen molar-refractivity contribution in [3.63, 3.8) is 0 Å². The second-order valence-electron chi connectivity index (χ2n) is 2.93. The third-order valence-corrected chi connectivity index (χ3v) is 1.84. The van der Waals surface area contributed by atoms with Gasteiger partial charge in [-0.25, -0.2) is 0 Å². The number of anilines is 1. The van der Waals surface area contributed by atoms with E-state index in [1.807, 2.05) is 0 Å². The number of pyridine rings is 1. The van der Waals surface area contributed by atoms with Crippen LogP contribution < -0.4 is 5.32 Å². The molecule has 0 amide bonds. The van der Waals surface area contributed by atoms with Gasteiger partial charge in [0, 0.05) is 12.7 Å². The van der Waals surface area contributed by atoms with Crippen molar-refractivity contribution in [3.05, 3.63) is 28.6 Å². The molecule has 76 valence electrons. The minimum Gasteiger partial charge on any atom is -0.379 e. The summed E-state index contributed by atoms with van der Waals surface area (Å²) in [4.78, 5) is 13.9. The van der Waals surface area contributed by atoms with Crippen molar-refractivity contribution in [2.75, 3.05) is 11.9 Å². The predicted molar refractivity (Wildman–Crippen MR) is 54.3 cm³/mol. The molecule has 1 aromatic rings. The van der Waals surface area contributed by atoms with Crippen molar-refractivity contribution in [2.45, 2.75) is 19.8 Å². The third-order valence-electron chi connectivity index (χ3n) is 1.84. The second-order valence-corrected chi connectivity index (χ2v) is 2.93. The van der Waals surface area contributed by atoms with E-state index >= 15 is 0 Å².